The molecule has 0 atom stereocenters. The standard InChI is InChI=1S/C23H37N5O2/c1-18(2)19-15-20(26-22(25-19)28-9-5-3-4-6-10-28)21(29)24-16-23(7-8-23)17-27-11-13-30-14-12-27/h15,18H,3-14,16-17H2,1-2H3,(H,24,29). The Morgan fingerprint density at radius 1 is 1.10 bits per heavy atom. The molecule has 1 saturated carbocycles. The average molecular weight is 416 g/mol. The molecule has 7 nitrogen and oxygen atoms in total. The quantitative estimate of drug-likeness (QED) is 0.738. The molecule has 0 bridgehead atoms. The van der Waals surface area contributed by atoms with Gasteiger partial charge in [0.05, 0.1) is 13.2 Å². The van der Waals surface area contributed by atoms with Crippen molar-refractivity contribution in [1.29, 1.82) is 0 Å². The first-order valence-corrected chi connectivity index (χ1v) is 11.8. The van der Waals surface area contributed by atoms with Crippen molar-refractivity contribution in [2.45, 2.75) is 58.3 Å². The van der Waals surface area contributed by atoms with Crippen LogP contribution in [0.15, 0.2) is 6.07 Å². The third-order valence-electron chi connectivity index (χ3n) is 6.69. The van der Waals surface area contributed by atoms with Crippen LogP contribution >= 0.6 is 0 Å². The van der Waals surface area contributed by atoms with E-state index < -0.39 is 0 Å². The molecule has 166 valence electrons. The van der Waals surface area contributed by atoms with Gasteiger partial charge in [0.2, 0.25) is 5.95 Å². The fourth-order valence-electron chi connectivity index (χ4n) is 4.44. The lowest BCUT2D eigenvalue weighted by Crippen LogP contribution is -2.43. The molecule has 1 amide bonds. The fourth-order valence-corrected chi connectivity index (χ4v) is 4.44. The first kappa shape index (κ1) is 21.5. The van der Waals surface area contributed by atoms with E-state index >= 15 is 0 Å². The molecule has 7 heteroatoms. The van der Waals surface area contributed by atoms with Crippen molar-refractivity contribution in [3.63, 3.8) is 0 Å². The number of nitrogens with zero attached hydrogens (tertiary/aromatic N) is 4. The SMILES string of the molecule is CC(C)c1cc(C(=O)NCC2(CN3CCOCC3)CC2)nc(N2CCCCCC2)n1. The number of ether oxygens (including phenoxy) is 1. The lowest BCUT2D eigenvalue weighted by molar-refractivity contribution is 0.0283. The minimum atomic E-state index is -0.0661. The molecule has 1 N–H and O–H groups in total. The van der Waals surface area contributed by atoms with E-state index in [9.17, 15) is 4.79 Å². The second-order valence-electron chi connectivity index (χ2n) is 9.61. The van der Waals surface area contributed by atoms with Crippen LogP contribution in [0.25, 0.3) is 0 Å². The lowest BCUT2D eigenvalue weighted by Gasteiger charge is -2.30. The van der Waals surface area contributed by atoms with Gasteiger partial charge >= 0.3 is 0 Å². The third-order valence-corrected chi connectivity index (χ3v) is 6.69. The molecule has 0 aromatic carbocycles. The molecule has 30 heavy (non-hydrogen) atoms. The van der Waals surface area contributed by atoms with Crippen molar-refractivity contribution in [3.05, 3.63) is 17.5 Å². The number of anilines is 1. The van der Waals surface area contributed by atoms with Crippen molar-refractivity contribution in [2.75, 3.05) is 57.4 Å². The summed E-state index contributed by atoms with van der Waals surface area (Å²) in [5.41, 5.74) is 1.69. The molecule has 1 aliphatic carbocycles. The van der Waals surface area contributed by atoms with Crippen LogP contribution in [0, 0.1) is 5.41 Å². The molecule has 2 aliphatic heterocycles. The van der Waals surface area contributed by atoms with Gasteiger partial charge in [-0.1, -0.05) is 26.7 Å². The molecule has 0 spiro atoms. The number of amides is 1. The molecule has 3 aliphatic rings. The predicted octanol–water partition coefficient (Wildman–Crippen LogP) is 2.82. The summed E-state index contributed by atoms with van der Waals surface area (Å²) >= 11 is 0. The number of carbonyl (C=O) groups excluding carboxylic acids is 1. The van der Waals surface area contributed by atoms with Gasteiger partial charge < -0.3 is 15.0 Å². The number of nitrogens with one attached hydrogen (secondary N) is 1. The topological polar surface area (TPSA) is 70.6 Å². The van der Waals surface area contributed by atoms with E-state index in [1.54, 1.807) is 0 Å². The van der Waals surface area contributed by atoms with Crippen LogP contribution in [0.3, 0.4) is 0 Å². The summed E-state index contributed by atoms with van der Waals surface area (Å²) in [6.07, 6.45) is 7.23. The second-order valence-corrected chi connectivity index (χ2v) is 9.61. The van der Waals surface area contributed by atoms with Crippen LogP contribution in [0.5, 0.6) is 0 Å². The predicted molar refractivity (Wildman–Crippen MR) is 118 cm³/mol. The Morgan fingerprint density at radius 2 is 1.80 bits per heavy atom. The highest BCUT2D eigenvalue weighted by Gasteiger charge is 2.44. The van der Waals surface area contributed by atoms with E-state index in [0.29, 0.717) is 5.69 Å². The van der Waals surface area contributed by atoms with Gasteiger partial charge in [-0.3, -0.25) is 9.69 Å². The number of hydrogen-bond acceptors (Lipinski definition) is 6. The van der Waals surface area contributed by atoms with Gasteiger partial charge in [-0.05, 0) is 37.7 Å². The van der Waals surface area contributed by atoms with Crippen molar-refractivity contribution in [3.8, 4) is 0 Å². The molecular weight excluding hydrogens is 378 g/mol. The van der Waals surface area contributed by atoms with Gasteiger partial charge in [-0.2, -0.15) is 0 Å². The van der Waals surface area contributed by atoms with E-state index in [1.807, 2.05) is 6.07 Å². The number of hydrogen-bond donors (Lipinski definition) is 1. The van der Waals surface area contributed by atoms with E-state index in [-0.39, 0.29) is 17.2 Å². The zero-order chi connectivity index (χ0) is 21.0. The van der Waals surface area contributed by atoms with Crippen LogP contribution < -0.4 is 10.2 Å². The Bertz CT molecular complexity index is 720. The summed E-state index contributed by atoms with van der Waals surface area (Å²) in [6, 6.07) is 1.88. The number of morpholine rings is 1. The highest BCUT2D eigenvalue weighted by molar-refractivity contribution is 5.92. The van der Waals surface area contributed by atoms with Crippen molar-refractivity contribution in [1.82, 2.24) is 20.2 Å². The van der Waals surface area contributed by atoms with Gasteiger partial charge in [0.15, 0.2) is 0 Å². The normalized spacial score (nSPS) is 22.0. The van der Waals surface area contributed by atoms with E-state index in [1.165, 1.54) is 38.5 Å². The maximum atomic E-state index is 13.0. The molecule has 0 radical (unpaired) electrons. The van der Waals surface area contributed by atoms with E-state index in [4.69, 9.17) is 14.7 Å². The molecule has 4 rings (SSSR count). The van der Waals surface area contributed by atoms with Crippen molar-refractivity contribution in [2.24, 2.45) is 5.41 Å². The van der Waals surface area contributed by atoms with Crippen molar-refractivity contribution >= 4 is 11.9 Å². The largest absolute Gasteiger partial charge is 0.379 e. The van der Waals surface area contributed by atoms with E-state index in [0.717, 1.165) is 64.1 Å². The molecular formula is C23H37N5O2. The van der Waals surface area contributed by atoms with Crippen LogP contribution in [0.4, 0.5) is 5.95 Å². The van der Waals surface area contributed by atoms with Gasteiger partial charge in [-0.15, -0.1) is 0 Å². The van der Waals surface area contributed by atoms with Crippen molar-refractivity contribution < 1.29 is 9.53 Å². The number of rotatable bonds is 7. The Hall–Kier alpha value is -1.73. The third kappa shape index (κ3) is 5.49. The highest BCUT2D eigenvalue weighted by Crippen LogP contribution is 2.45. The molecule has 0 unspecified atom stereocenters. The molecule has 3 fully saturated rings. The Kier molecular flexibility index (Phi) is 6.88. The minimum Gasteiger partial charge on any atom is -0.379 e. The Labute approximate surface area is 180 Å². The molecule has 1 aromatic rings. The van der Waals surface area contributed by atoms with E-state index in [2.05, 4.69) is 29.0 Å². The van der Waals surface area contributed by atoms with Gasteiger partial charge in [0.1, 0.15) is 5.69 Å². The van der Waals surface area contributed by atoms with Gasteiger partial charge in [0.25, 0.3) is 5.91 Å². The number of aromatic nitrogens is 2. The minimum absolute atomic E-state index is 0.0661. The maximum Gasteiger partial charge on any atom is 0.270 e. The highest BCUT2D eigenvalue weighted by atomic mass is 16.5. The average Bonchev–Trinajstić information content (AvgIpc) is 3.56. The Morgan fingerprint density at radius 3 is 2.43 bits per heavy atom. The fraction of sp³-hybridized carbons (Fsp3) is 0.783. The molecule has 1 aromatic heterocycles. The monoisotopic (exact) mass is 415 g/mol. The smallest absolute Gasteiger partial charge is 0.270 e. The first-order valence-electron chi connectivity index (χ1n) is 11.8. The molecule has 3 heterocycles. The summed E-state index contributed by atoms with van der Waals surface area (Å²) < 4.78 is 5.46. The first-order chi connectivity index (χ1) is 14.5. The summed E-state index contributed by atoms with van der Waals surface area (Å²) in [6.45, 7) is 11.6. The second kappa shape index (κ2) is 9.60. The summed E-state index contributed by atoms with van der Waals surface area (Å²) in [5, 5.41) is 3.19. The van der Waals surface area contributed by atoms with Gasteiger partial charge in [-0.25, -0.2) is 9.97 Å². The summed E-state index contributed by atoms with van der Waals surface area (Å²) in [4.78, 5) is 27.3. The van der Waals surface area contributed by atoms with Gasteiger partial charge in [0, 0.05) is 50.4 Å². The zero-order valence-electron chi connectivity index (χ0n) is 18.7. The summed E-state index contributed by atoms with van der Waals surface area (Å²) in [7, 11) is 0. The maximum absolute atomic E-state index is 13.0. The zero-order valence-corrected chi connectivity index (χ0v) is 18.7. The summed E-state index contributed by atoms with van der Waals surface area (Å²) in [5.74, 6) is 0.924. The van der Waals surface area contributed by atoms with Crippen LogP contribution in [-0.2, 0) is 4.74 Å². The number of carbonyl (C=O) groups is 1. The molecule has 2 saturated heterocycles. The van der Waals surface area contributed by atoms with Crippen LogP contribution in [-0.4, -0.2) is 73.3 Å². The lowest BCUT2D eigenvalue weighted by atomic mass is 10.1. The van der Waals surface area contributed by atoms with Crippen LogP contribution in [0.2, 0.25) is 0 Å². The van der Waals surface area contributed by atoms with Crippen LogP contribution in [0.1, 0.15) is 74.5 Å². The Balaban J connectivity index is 1.42.